The Kier molecular flexibility index (Phi) is 5.57. The Hall–Kier alpha value is -1.85. The zero-order valence-corrected chi connectivity index (χ0v) is 13.5. The maximum absolute atomic E-state index is 12.0. The summed E-state index contributed by atoms with van der Waals surface area (Å²) < 4.78 is 7.28. The van der Waals surface area contributed by atoms with Crippen molar-refractivity contribution in [1.29, 1.82) is 0 Å². The van der Waals surface area contributed by atoms with E-state index in [0.29, 0.717) is 13.0 Å². The molecule has 0 aromatic carbocycles. The highest BCUT2D eigenvalue weighted by molar-refractivity contribution is 5.82. The van der Waals surface area contributed by atoms with Crippen molar-refractivity contribution in [3.8, 4) is 0 Å². The van der Waals surface area contributed by atoms with E-state index in [1.165, 1.54) is 0 Å². The van der Waals surface area contributed by atoms with Crippen LogP contribution >= 0.6 is 0 Å². The molecule has 0 atom stereocenters. The second kappa shape index (κ2) is 7.42. The van der Waals surface area contributed by atoms with E-state index in [2.05, 4.69) is 4.98 Å². The van der Waals surface area contributed by atoms with Gasteiger partial charge in [-0.2, -0.15) is 0 Å². The molecule has 6 nitrogen and oxygen atoms in total. The molecule has 0 saturated carbocycles. The van der Waals surface area contributed by atoms with Crippen LogP contribution in [0.1, 0.15) is 46.0 Å². The molecule has 0 bridgehead atoms. The number of esters is 1. The third-order valence-electron chi connectivity index (χ3n) is 4.03. The van der Waals surface area contributed by atoms with Crippen LogP contribution in [0.5, 0.6) is 0 Å². The number of carbonyl (C=O) groups excluding carboxylic acids is 2. The number of rotatable bonds is 5. The van der Waals surface area contributed by atoms with Gasteiger partial charge in [0.1, 0.15) is 13.2 Å². The molecule has 1 aliphatic heterocycles. The van der Waals surface area contributed by atoms with E-state index in [0.717, 1.165) is 25.7 Å². The Balaban J connectivity index is 1.83. The Labute approximate surface area is 131 Å². The van der Waals surface area contributed by atoms with Gasteiger partial charge in [-0.1, -0.05) is 12.8 Å². The van der Waals surface area contributed by atoms with Gasteiger partial charge in [0.2, 0.25) is 5.91 Å². The molecule has 0 spiro atoms. The number of likely N-dealkylation sites (tertiary alicyclic amines) is 1. The third-order valence-corrected chi connectivity index (χ3v) is 4.03. The summed E-state index contributed by atoms with van der Waals surface area (Å²) in [4.78, 5) is 29.7. The van der Waals surface area contributed by atoms with Crippen molar-refractivity contribution in [2.75, 3.05) is 19.7 Å². The monoisotopic (exact) mass is 307 g/mol. The number of imidazole rings is 1. The first kappa shape index (κ1) is 16.5. The normalized spacial score (nSPS) is 17.0. The summed E-state index contributed by atoms with van der Waals surface area (Å²) in [5.41, 5.74) is -0.355. The largest absolute Gasteiger partial charge is 0.462 e. The molecule has 1 aromatic heterocycles. The van der Waals surface area contributed by atoms with Crippen LogP contribution in [0.15, 0.2) is 18.7 Å². The van der Waals surface area contributed by atoms with Crippen LogP contribution in [-0.2, 0) is 19.9 Å². The summed E-state index contributed by atoms with van der Waals surface area (Å²) in [6.07, 6.45) is 9.87. The van der Waals surface area contributed by atoms with Crippen LogP contribution in [-0.4, -0.2) is 46.0 Å². The second-order valence-electron chi connectivity index (χ2n) is 6.42. The molecule has 1 aromatic rings. The molecule has 2 heterocycles. The number of ether oxygens (including phenoxy) is 1. The highest BCUT2D eigenvalue weighted by atomic mass is 16.5. The van der Waals surface area contributed by atoms with Crippen LogP contribution < -0.4 is 0 Å². The fourth-order valence-electron chi connectivity index (χ4n) is 2.53. The van der Waals surface area contributed by atoms with Gasteiger partial charge >= 0.3 is 5.97 Å². The summed E-state index contributed by atoms with van der Waals surface area (Å²) in [6.45, 7) is 4.91. The first-order valence-corrected chi connectivity index (χ1v) is 7.91. The SMILES string of the molecule is CC(C)(COC(=O)CN1CCCCCCC1=O)n1ccnc1. The van der Waals surface area contributed by atoms with E-state index >= 15 is 0 Å². The van der Waals surface area contributed by atoms with Crippen molar-refractivity contribution >= 4 is 11.9 Å². The third kappa shape index (κ3) is 4.58. The molecule has 22 heavy (non-hydrogen) atoms. The lowest BCUT2D eigenvalue weighted by Gasteiger charge is -2.27. The molecule has 122 valence electrons. The standard InChI is InChI=1S/C16H25N3O3/c1-16(2,19-10-8-17-13-19)12-22-15(21)11-18-9-6-4-3-5-7-14(18)20/h8,10,13H,3-7,9,11-12H2,1-2H3. The number of carbonyl (C=O) groups is 2. The minimum atomic E-state index is -0.355. The van der Waals surface area contributed by atoms with E-state index in [4.69, 9.17) is 4.74 Å². The van der Waals surface area contributed by atoms with Crippen molar-refractivity contribution in [3.05, 3.63) is 18.7 Å². The van der Waals surface area contributed by atoms with Crippen molar-refractivity contribution in [2.24, 2.45) is 0 Å². The van der Waals surface area contributed by atoms with Crippen molar-refractivity contribution in [3.63, 3.8) is 0 Å². The van der Waals surface area contributed by atoms with Gasteiger partial charge in [0, 0.05) is 25.4 Å². The van der Waals surface area contributed by atoms with Crippen LogP contribution in [0.25, 0.3) is 0 Å². The molecule has 6 heteroatoms. The van der Waals surface area contributed by atoms with Gasteiger partial charge in [-0.05, 0) is 26.7 Å². The van der Waals surface area contributed by atoms with E-state index in [-0.39, 0.29) is 30.6 Å². The summed E-state index contributed by atoms with van der Waals surface area (Å²) >= 11 is 0. The fourth-order valence-corrected chi connectivity index (χ4v) is 2.53. The molecule has 1 amide bonds. The highest BCUT2D eigenvalue weighted by Gasteiger charge is 2.24. The molecule has 0 aliphatic carbocycles. The average Bonchev–Trinajstić information content (AvgIpc) is 3.00. The van der Waals surface area contributed by atoms with E-state index in [1.807, 2.05) is 24.6 Å². The van der Waals surface area contributed by atoms with Crippen LogP contribution in [0.2, 0.25) is 0 Å². The molecule has 1 fully saturated rings. The number of hydrogen-bond donors (Lipinski definition) is 0. The number of aromatic nitrogens is 2. The number of hydrogen-bond acceptors (Lipinski definition) is 4. The van der Waals surface area contributed by atoms with Crippen LogP contribution in [0, 0.1) is 0 Å². The Bertz CT molecular complexity index is 497. The smallest absolute Gasteiger partial charge is 0.325 e. The fraction of sp³-hybridized carbons (Fsp3) is 0.688. The lowest BCUT2D eigenvalue weighted by molar-refractivity contribution is -0.151. The molecular weight excluding hydrogens is 282 g/mol. The number of amides is 1. The maximum atomic E-state index is 12.0. The van der Waals surface area contributed by atoms with Gasteiger partial charge < -0.3 is 14.2 Å². The molecule has 0 N–H and O–H groups in total. The zero-order valence-electron chi connectivity index (χ0n) is 13.5. The van der Waals surface area contributed by atoms with Crippen LogP contribution in [0.4, 0.5) is 0 Å². The van der Waals surface area contributed by atoms with E-state index in [9.17, 15) is 9.59 Å². The van der Waals surface area contributed by atoms with Gasteiger partial charge in [0.15, 0.2) is 0 Å². The minimum absolute atomic E-state index is 0.0544. The predicted molar refractivity (Wildman–Crippen MR) is 82.2 cm³/mol. The van der Waals surface area contributed by atoms with Gasteiger partial charge in [-0.3, -0.25) is 9.59 Å². The van der Waals surface area contributed by atoms with E-state index in [1.54, 1.807) is 17.4 Å². The second-order valence-corrected chi connectivity index (χ2v) is 6.42. The first-order chi connectivity index (χ1) is 10.5. The van der Waals surface area contributed by atoms with Gasteiger partial charge in [0.05, 0.1) is 11.9 Å². The molecule has 0 unspecified atom stereocenters. The summed E-state index contributed by atoms with van der Waals surface area (Å²) in [6, 6.07) is 0. The van der Waals surface area contributed by atoms with Crippen molar-refractivity contribution in [1.82, 2.24) is 14.5 Å². The summed E-state index contributed by atoms with van der Waals surface area (Å²) in [5, 5.41) is 0. The van der Waals surface area contributed by atoms with Crippen molar-refractivity contribution < 1.29 is 14.3 Å². The quantitative estimate of drug-likeness (QED) is 0.780. The van der Waals surface area contributed by atoms with Gasteiger partial charge in [-0.25, -0.2) is 4.98 Å². The van der Waals surface area contributed by atoms with Crippen LogP contribution in [0.3, 0.4) is 0 Å². The lowest BCUT2D eigenvalue weighted by Crippen LogP contribution is -2.39. The Morgan fingerprint density at radius 1 is 1.32 bits per heavy atom. The maximum Gasteiger partial charge on any atom is 0.325 e. The molecule has 0 radical (unpaired) electrons. The van der Waals surface area contributed by atoms with Crippen molar-refractivity contribution in [2.45, 2.75) is 51.5 Å². The minimum Gasteiger partial charge on any atom is -0.462 e. The van der Waals surface area contributed by atoms with Gasteiger partial charge in [-0.15, -0.1) is 0 Å². The molecule has 1 aliphatic rings. The highest BCUT2D eigenvalue weighted by Crippen LogP contribution is 2.15. The van der Waals surface area contributed by atoms with E-state index < -0.39 is 0 Å². The summed E-state index contributed by atoms with van der Waals surface area (Å²) in [5.74, 6) is -0.285. The zero-order chi connectivity index (χ0) is 16.0. The Morgan fingerprint density at radius 3 is 2.82 bits per heavy atom. The summed E-state index contributed by atoms with van der Waals surface area (Å²) in [7, 11) is 0. The molecular formula is C16H25N3O3. The van der Waals surface area contributed by atoms with Gasteiger partial charge in [0.25, 0.3) is 0 Å². The average molecular weight is 307 g/mol. The Morgan fingerprint density at radius 2 is 2.09 bits per heavy atom. The molecule has 1 saturated heterocycles. The predicted octanol–water partition coefficient (Wildman–Crippen LogP) is 1.95. The first-order valence-electron chi connectivity index (χ1n) is 7.91. The molecule has 2 rings (SSSR count). The lowest BCUT2D eigenvalue weighted by atomic mass is 10.1. The topological polar surface area (TPSA) is 64.4 Å². The number of nitrogens with zero attached hydrogens (tertiary/aromatic N) is 3.